The summed E-state index contributed by atoms with van der Waals surface area (Å²) in [6.07, 6.45) is 6.11. The summed E-state index contributed by atoms with van der Waals surface area (Å²) in [5.74, 6) is 0. The molecule has 0 saturated heterocycles. The van der Waals surface area contributed by atoms with Gasteiger partial charge in [0.2, 0.25) is 0 Å². The molecule has 0 aliphatic heterocycles. The van der Waals surface area contributed by atoms with Crippen LogP contribution >= 0.6 is 11.6 Å². The number of halogens is 1. The minimum Gasteiger partial charge on any atom is -0.192 e. The highest BCUT2D eigenvalue weighted by Gasteiger charge is 2.44. The van der Waals surface area contributed by atoms with Gasteiger partial charge in [0.25, 0.3) is 0 Å². The predicted octanol–water partition coefficient (Wildman–Crippen LogP) is 7.11. The van der Waals surface area contributed by atoms with E-state index in [1.165, 1.54) is 47.1 Å². The molecule has 1 fully saturated rings. The lowest BCUT2D eigenvalue weighted by Gasteiger charge is -2.36. The predicted molar refractivity (Wildman–Crippen MR) is 111 cm³/mol. The molecule has 27 heavy (non-hydrogen) atoms. The fourth-order valence-corrected chi connectivity index (χ4v) is 5.45. The first-order valence-electron chi connectivity index (χ1n) is 9.68. The van der Waals surface area contributed by atoms with Gasteiger partial charge in [-0.3, -0.25) is 0 Å². The van der Waals surface area contributed by atoms with Crippen LogP contribution in [0.1, 0.15) is 48.8 Å². The molecule has 132 valence electrons. The SMILES string of the molecule is N#Cc1ccc2c(c1)C1(CCCCC1)c1cccc(-c3ccccc3Cl)c1-2. The molecule has 0 heterocycles. The smallest absolute Gasteiger partial charge is 0.0991 e. The highest BCUT2D eigenvalue weighted by atomic mass is 35.5. The van der Waals surface area contributed by atoms with E-state index < -0.39 is 0 Å². The summed E-state index contributed by atoms with van der Waals surface area (Å²) in [5.41, 5.74) is 8.44. The molecular formula is C25H20ClN. The van der Waals surface area contributed by atoms with Gasteiger partial charge in [-0.05, 0) is 58.9 Å². The molecule has 1 nitrogen and oxygen atoms in total. The van der Waals surface area contributed by atoms with Gasteiger partial charge in [-0.1, -0.05) is 73.3 Å². The van der Waals surface area contributed by atoms with Crippen molar-refractivity contribution >= 4 is 11.6 Å². The fraction of sp³-hybridized carbons (Fsp3) is 0.240. The van der Waals surface area contributed by atoms with Crippen molar-refractivity contribution in [3.63, 3.8) is 0 Å². The summed E-state index contributed by atoms with van der Waals surface area (Å²) in [7, 11) is 0. The average Bonchev–Trinajstić information content (AvgIpc) is 2.98. The Labute approximate surface area is 165 Å². The molecular weight excluding hydrogens is 350 g/mol. The van der Waals surface area contributed by atoms with Crippen LogP contribution in [0.3, 0.4) is 0 Å². The minimum absolute atomic E-state index is 0.0487. The monoisotopic (exact) mass is 369 g/mol. The van der Waals surface area contributed by atoms with E-state index in [0.717, 1.165) is 29.0 Å². The quantitative estimate of drug-likeness (QED) is 0.448. The maximum absolute atomic E-state index is 9.47. The lowest BCUT2D eigenvalue weighted by molar-refractivity contribution is 0.353. The number of nitriles is 1. The lowest BCUT2D eigenvalue weighted by Crippen LogP contribution is -2.28. The van der Waals surface area contributed by atoms with Crippen molar-refractivity contribution in [2.24, 2.45) is 0 Å². The highest BCUT2D eigenvalue weighted by Crippen LogP contribution is 2.58. The largest absolute Gasteiger partial charge is 0.192 e. The van der Waals surface area contributed by atoms with Crippen LogP contribution < -0.4 is 0 Å². The lowest BCUT2D eigenvalue weighted by atomic mass is 9.67. The Bertz CT molecular complexity index is 1080. The molecule has 2 heteroatoms. The van der Waals surface area contributed by atoms with Crippen LogP contribution in [0.2, 0.25) is 5.02 Å². The fourth-order valence-electron chi connectivity index (χ4n) is 5.21. The van der Waals surface area contributed by atoms with Gasteiger partial charge < -0.3 is 0 Å². The Hall–Kier alpha value is -2.56. The number of hydrogen-bond acceptors (Lipinski definition) is 1. The molecule has 2 aliphatic carbocycles. The molecule has 5 rings (SSSR count). The van der Waals surface area contributed by atoms with E-state index in [1.54, 1.807) is 0 Å². The molecule has 3 aromatic rings. The van der Waals surface area contributed by atoms with E-state index in [4.69, 9.17) is 11.6 Å². The summed E-state index contributed by atoms with van der Waals surface area (Å²) >= 11 is 6.57. The van der Waals surface area contributed by atoms with E-state index in [1.807, 2.05) is 24.3 Å². The third-order valence-corrected chi connectivity index (χ3v) is 6.71. The normalized spacial score (nSPS) is 16.6. The molecule has 2 aliphatic rings. The highest BCUT2D eigenvalue weighted by molar-refractivity contribution is 6.33. The first kappa shape index (κ1) is 16.6. The molecule has 1 spiro atoms. The Morgan fingerprint density at radius 2 is 1.56 bits per heavy atom. The van der Waals surface area contributed by atoms with Crippen LogP contribution in [0.15, 0.2) is 60.7 Å². The van der Waals surface area contributed by atoms with Gasteiger partial charge in [0.1, 0.15) is 0 Å². The third-order valence-electron chi connectivity index (χ3n) is 6.38. The molecule has 0 atom stereocenters. The summed E-state index contributed by atoms with van der Waals surface area (Å²) < 4.78 is 0. The van der Waals surface area contributed by atoms with Gasteiger partial charge in [-0.25, -0.2) is 0 Å². The third kappa shape index (κ3) is 2.37. The molecule has 1 saturated carbocycles. The molecule has 0 amide bonds. The van der Waals surface area contributed by atoms with Crippen LogP contribution in [-0.2, 0) is 5.41 Å². The number of rotatable bonds is 1. The maximum atomic E-state index is 9.47. The molecule has 3 aromatic carbocycles. The van der Waals surface area contributed by atoms with Gasteiger partial charge in [0.05, 0.1) is 11.6 Å². The van der Waals surface area contributed by atoms with Gasteiger partial charge >= 0.3 is 0 Å². The average molecular weight is 370 g/mol. The first-order chi connectivity index (χ1) is 13.2. The number of fused-ring (bicyclic) bond motifs is 5. The van der Waals surface area contributed by atoms with E-state index in [9.17, 15) is 5.26 Å². The summed E-state index contributed by atoms with van der Waals surface area (Å²) in [4.78, 5) is 0. The minimum atomic E-state index is 0.0487. The number of benzene rings is 3. The van der Waals surface area contributed by atoms with Crippen LogP contribution in [-0.4, -0.2) is 0 Å². The molecule has 0 bridgehead atoms. The zero-order chi connectivity index (χ0) is 18.4. The second kappa shape index (κ2) is 6.25. The maximum Gasteiger partial charge on any atom is 0.0991 e. The van der Waals surface area contributed by atoms with Crippen LogP contribution in [0.5, 0.6) is 0 Å². The Kier molecular flexibility index (Phi) is 3.85. The van der Waals surface area contributed by atoms with Crippen LogP contribution in [0, 0.1) is 11.3 Å². The first-order valence-corrected chi connectivity index (χ1v) is 10.1. The second-order valence-electron chi connectivity index (χ2n) is 7.72. The van der Waals surface area contributed by atoms with Crippen molar-refractivity contribution < 1.29 is 0 Å². The van der Waals surface area contributed by atoms with Gasteiger partial charge in [-0.2, -0.15) is 5.26 Å². The van der Waals surface area contributed by atoms with Gasteiger partial charge in [0.15, 0.2) is 0 Å². The molecule has 0 aromatic heterocycles. The van der Waals surface area contributed by atoms with Crippen molar-refractivity contribution in [3.8, 4) is 28.3 Å². The number of hydrogen-bond donors (Lipinski definition) is 0. The van der Waals surface area contributed by atoms with Crippen molar-refractivity contribution in [2.75, 3.05) is 0 Å². The van der Waals surface area contributed by atoms with E-state index in [-0.39, 0.29) is 5.41 Å². The van der Waals surface area contributed by atoms with Crippen molar-refractivity contribution in [1.29, 1.82) is 5.26 Å². The summed E-state index contributed by atoms with van der Waals surface area (Å²) in [6.45, 7) is 0. The number of nitrogens with zero attached hydrogens (tertiary/aromatic N) is 1. The Morgan fingerprint density at radius 1 is 0.778 bits per heavy atom. The molecule has 0 radical (unpaired) electrons. The van der Waals surface area contributed by atoms with Crippen molar-refractivity contribution in [3.05, 3.63) is 82.4 Å². The second-order valence-corrected chi connectivity index (χ2v) is 8.13. The van der Waals surface area contributed by atoms with Crippen LogP contribution in [0.4, 0.5) is 0 Å². The van der Waals surface area contributed by atoms with Crippen LogP contribution in [0.25, 0.3) is 22.3 Å². The summed E-state index contributed by atoms with van der Waals surface area (Å²) in [5, 5.41) is 10.3. The Balaban J connectivity index is 1.84. The topological polar surface area (TPSA) is 23.8 Å². The van der Waals surface area contributed by atoms with Crippen molar-refractivity contribution in [1.82, 2.24) is 0 Å². The van der Waals surface area contributed by atoms with Gasteiger partial charge in [-0.15, -0.1) is 0 Å². The molecule has 0 N–H and O–H groups in total. The van der Waals surface area contributed by atoms with Gasteiger partial charge in [0, 0.05) is 16.0 Å². The molecule has 0 unspecified atom stereocenters. The zero-order valence-electron chi connectivity index (χ0n) is 15.1. The van der Waals surface area contributed by atoms with E-state index in [0.29, 0.717) is 0 Å². The summed E-state index contributed by atoms with van der Waals surface area (Å²) in [6, 6.07) is 23.3. The van der Waals surface area contributed by atoms with Crippen molar-refractivity contribution in [2.45, 2.75) is 37.5 Å². The zero-order valence-corrected chi connectivity index (χ0v) is 15.9. The van der Waals surface area contributed by atoms with E-state index in [2.05, 4.69) is 42.5 Å². The standard InChI is InChI=1S/C25H20ClN/c26-23-10-3-2-7-18(23)19-8-6-9-21-24(19)20-12-11-17(16-27)15-22(20)25(21)13-4-1-5-14-25/h2-3,6-12,15H,1,4-5,13-14H2. The Morgan fingerprint density at radius 3 is 2.33 bits per heavy atom. The van der Waals surface area contributed by atoms with E-state index >= 15 is 0 Å².